The topological polar surface area (TPSA) is 71.1 Å². The Kier molecular flexibility index (Phi) is 6.86. The van der Waals surface area contributed by atoms with E-state index in [9.17, 15) is 14.0 Å². The number of hydrogen-bond acceptors (Lipinski definition) is 4. The molecule has 1 atom stereocenters. The van der Waals surface area contributed by atoms with Gasteiger partial charge in [-0.15, -0.1) is 11.3 Å². The van der Waals surface area contributed by atoms with Crippen LogP contribution in [0.4, 0.5) is 9.52 Å². The second kappa shape index (κ2) is 9.75. The Morgan fingerprint density at radius 3 is 2.59 bits per heavy atom. The number of carbonyl (C=O) groups excluding carboxylic acids is 2. The molecule has 3 aromatic rings. The van der Waals surface area contributed by atoms with Gasteiger partial charge in [-0.25, -0.2) is 9.37 Å². The van der Waals surface area contributed by atoms with Crippen molar-refractivity contribution in [3.8, 4) is 0 Å². The fourth-order valence-corrected chi connectivity index (χ4v) is 3.38. The summed E-state index contributed by atoms with van der Waals surface area (Å²) in [6, 6.07) is 15.0. The molecule has 0 radical (unpaired) electrons. The number of rotatable bonds is 7. The summed E-state index contributed by atoms with van der Waals surface area (Å²) in [5.41, 5.74) is 1.86. The van der Waals surface area contributed by atoms with Crippen molar-refractivity contribution in [3.63, 3.8) is 0 Å². The van der Waals surface area contributed by atoms with Crippen LogP contribution < -0.4 is 10.6 Å². The molecule has 0 spiro atoms. The van der Waals surface area contributed by atoms with E-state index in [1.54, 1.807) is 31.3 Å². The van der Waals surface area contributed by atoms with Crippen LogP contribution in [-0.2, 0) is 16.0 Å². The van der Waals surface area contributed by atoms with Crippen molar-refractivity contribution < 1.29 is 14.0 Å². The standard InChI is InChI=1S/C22H20FN3O2S/c1-15(25-20(27)12-9-16-5-3-2-4-6-16)21(28)26-22-24-14-19(29-22)13-17-7-10-18(23)11-8-17/h2-12,14-15H,13H2,1H3,(H,25,27)(H,24,26,28)/b12-9+/t15-/m0/s1. The van der Waals surface area contributed by atoms with Gasteiger partial charge in [0.15, 0.2) is 5.13 Å². The summed E-state index contributed by atoms with van der Waals surface area (Å²) in [6.45, 7) is 1.61. The lowest BCUT2D eigenvalue weighted by atomic mass is 10.1. The van der Waals surface area contributed by atoms with Crippen LogP contribution in [0, 0.1) is 5.82 Å². The zero-order chi connectivity index (χ0) is 20.6. The average Bonchev–Trinajstić information content (AvgIpc) is 3.15. The van der Waals surface area contributed by atoms with Crippen LogP contribution in [0.25, 0.3) is 6.08 Å². The minimum absolute atomic E-state index is 0.277. The maximum atomic E-state index is 13.0. The van der Waals surface area contributed by atoms with Gasteiger partial charge in [0.05, 0.1) is 0 Å². The van der Waals surface area contributed by atoms with Crippen LogP contribution in [0.2, 0.25) is 0 Å². The van der Waals surface area contributed by atoms with Crippen LogP contribution in [0.1, 0.15) is 22.9 Å². The van der Waals surface area contributed by atoms with E-state index in [4.69, 9.17) is 0 Å². The number of hydrogen-bond donors (Lipinski definition) is 2. The van der Waals surface area contributed by atoms with Crippen molar-refractivity contribution in [3.05, 3.63) is 88.7 Å². The molecule has 0 fully saturated rings. The highest BCUT2D eigenvalue weighted by Gasteiger charge is 2.16. The zero-order valence-electron chi connectivity index (χ0n) is 15.8. The number of nitrogens with zero attached hydrogens (tertiary/aromatic N) is 1. The minimum Gasteiger partial charge on any atom is -0.341 e. The van der Waals surface area contributed by atoms with Gasteiger partial charge in [-0.2, -0.15) is 0 Å². The predicted molar refractivity (Wildman–Crippen MR) is 113 cm³/mol. The number of amides is 2. The number of aromatic nitrogens is 1. The summed E-state index contributed by atoms with van der Waals surface area (Å²) in [4.78, 5) is 29.4. The molecule has 0 unspecified atom stereocenters. The van der Waals surface area contributed by atoms with E-state index in [1.807, 2.05) is 30.3 Å². The van der Waals surface area contributed by atoms with Crippen LogP contribution in [0.15, 0.2) is 66.9 Å². The molecule has 0 saturated carbocycles. The van der Waals surface area contributed by atoms with E-state index in [0.717, 1.165) is 16.0 Å². The molecule has 0 bridgehead atoms. The molecule has 5 nitrogen and oxygen atoms in total. The quantitative estimate of drug-likeness (QED) is 0.579. The molecule has 29 heavy (non-hydrogen) atoms. The molecule has 0 aliphatic rings. The highest BCUT2D eigenvalue weighted by molar-refractivity contribution is 7.15. The number of nitrogens with one attached hydrogen (secondary N) is 2. The van der Waals surface area contributed by atoms with Gasteiger partial charge in [-0.05, 0) is 36.3 Å². The summed E-state index contributed by atoms with van der Waals surface area (Å²) in [7, 11) is 0. The second-order valence-corrected chi connectivity index (χ2v) is 7.51. The fraction of sp³-hybridized carbons (Fsp3) is 0.136. The first-order valence-corrected chi connectivity index (χ1v) is 9.85. The van der Waals surface area contributed by atoms with E-state index in [-0.39, 0.29) is 17.6 Å². The Hall–Kier alpha value is -3.32. The average molecular weight is 409 g/mol. The molecule has 0 saturated heterocycles. The zero-order valence-corrected chi connectivity index (χ0v) is 16.6. The van der Waals surface area contributed by atoms with Crippen molar-refractivity contribution in [1.82, 2.24) is 10.3 Å². The second-order valence-electron chi connectivity index (χ2n) is 6.40. The van der Waals surface area contributed by atoms with Gasteiger partial charge in [0.2, 0.25) is 11.8 Å². The Morgan fingerprint density at radius 2 is 1.86 bits per heavy atom. The molecular formula is C22H20FN3O2S. The lowest BCUT2D eigenvalue weighted by Gasteiger charge is -2.11. The lowest BCUT2D eigenvalue weighted by Crippen LogP contribution is -2.40. The third-order valence-electron chi connectivity index (χ3n) is 4.05. The van der Waals surface area contributed by atoms with Crippen LogP contribution in [0.3, 0.4) is 0 Å². The largest absolute Gasteiger partial charge is 0.341 e. The highest BCUT2D eigenvalue weighted by atomic mass is 32.1. The maximum absolute atomic E-state index is 13.0. The Labute approximate surface area is 172 Å². The smallest absolute Gasteiger partial charge is 0.248 e. The molecule has 2 aromatic carbocycles. The number of halogens is 1. The molecule has 148 valence electrons. The van der Waals surface area contributed by atoms with Crippen LogP contribution in [-0.4, -0.2) is 22.8 Å². The first-order chi connectivity index (χ1) is 14.0. The molecular weight excluding hydrogens is 389 g/mol. The van der Waals surface area contributed by atoms with E-state index in [0.29, 0.717) is 11.6 Å². The van der Waals surface area contributed by atoms with Crippen molar-refractivity contribution in [2.24, 2.45) is 0 Å². The highest BCUT2D eigenvalue weighted by Crippen LogP contribution is 2.21. The molecule has 3 rings (SSSR count). The molecule has 1 aromatic heterocycles. The summed E-state index contributed by atoms with van der Waals surface area (Å²) >= 11 is 1.34. The Bertz CT molecular complexity index is 1000. The van der Waals surface area contributed by atoms with E-state index < -0.39 is 6.04 Å². The lowest BCUT2D eigenvalue weighted by molar-refractivity contribution is -0.123. The Balaban J connectivity index is 1.50. The van der Waals surface area contributed by atoms with Gasteiger partial charge in [0.1, 0.15) is 11.9 Å². The third kappa shape index (κ3) is 6.36. The molecule has 0 aliphatic carbocycles. The molecule has 2 amide bonds. The van der Waals surface area contributed by atoms with E-state index in [2.05, 4.69) is 15.6 Å². The van der Waals surface area contributed by atoms with Crippen LogP contribution >= 0.6 is 11.3 Å². The SMILES string of the molecule is C[C@H](NC(=O)/C=C/c1ccccc1)C(=O)Nc1ncc(Cc2ccc(F)cc2)s1. The minimum atomic E-state index is -0.715. The fourth-order valence-electron chi connectivity index (χ4n) is 2.53. The molecule has 7 heteroatoms. The third-order valence-corrected chi connectivity index (χ3v) is 4.97. The molecule has 1 heterocycles. The Morgan fingerprint density at radius 1 is 1.14 bits per heavy atom. The number of thiazole rings is 1. The van der Waals surface area contributed by atoms with Gasteiger partial charge >= 0.3 is 0 Å². The first kappa shape index (κ1) is 20.4. The van der Waals surface area contributed by atoms with Crippen molar-refractivity contribution in [1.29, 1.82) is 0 Å². The van der Waals surface area contributed by atoms with E-state index in [1.165, 1.54) is 29.5 Å². The number of anilines is 1. The van der Waals surface area contributed by atoms with Gasteiger partial charge < -0.3 is 10.6 Å². The summed E-state index contributed by atoms with van der Waals surface area (Å²) in [6.07, 6.45) is 5.35. The maximum Gasteiger partial charge on any atom is 0.248 e. The van der Waals surface area contributed by atoms with Gasteiger partial charge in [0, 0.05) is 23.6 Å². The van der Waals surface area contributed by atoms with Gasteiger partial charge in [-0.1, -0.05) is 42.5 Å². The van der Waals surface area contributed by atoms with Crippen molar-refractivity contribution in [2.45, 2.75) is 19.4 Å². The van der Waals surface area contributed by atoms with Gasteiger partial charge in [0.25, 0.3) is 0 Å². The summed E-state index contributed by atoms with van der Waals surface area (Å²) < 4.78 is 13.0. The number of carbonyl (C=O) groups is 2. The van der Waals surface area contributed by atoms with Crippen molar-refractivity contribution >= 4 is 34.4 Å². The molecule has 2 N–H and O–H groups in total. The predicted octanol–water partition coefficient (Wildman–Crippen LogP) is 4.03. The van der Waals surface area contributed by atoms with E-state index >= 15 is 0 Å². The normalized spacial score (nSPS) is 11.9. The number of benzene rings is 2. The van der Waals surface area contributed by atoms with Crippen molar-refractivity contribution in [2.75, 3.05) is 5.32 Å². The van der Waals surface area contributed by atoms with Gasteiger partial charge in [-0.3, -0.25) is 9.59 Å². The first-order valence-electron chi connectivity index (χ1n) is 9.03. The summed E-state index contributed by atoms with van der Waals surface area (Å²) in [5.74, 6) is -0.984. The monoisotopic (exact) mass is 409 g/mol. The van der Waals surface area contributed by atoms with Crippen LogP contribution in [0.5, 0.6) is 0 Å². The molecule has 0 aliphatic heterocycles. The summed E-state index contributed by atoms with van der Waals surface area (Å²) in [5, 5.41) is 5.78.